The number of nitrogens with zero attached hydrogens (tertiary/aromatic N) is 2. The van der Waals surface area contributed by atoms with Crippen LogP contribution >= 0.6 is 0 Å². The molecule has 1 heterocycles. The molecular weight excluding hydrogens is 344 g/mol. The van der Waals surface area contributed by atoms with Gasteiger partial charge in [0, 0.05) is 20.7 Å². The van der Waals surface area contributed by atoms with E-state index in [4.69, 9.17) is 4.74 Å². The summed E-state index contributed by atoms with van der Waals surface area (Å²) in [6.45, 7) is 6.41. The van der Waals surface area contributed by atoms with Crippen molar-refractivity contribution < 1.29 is 22.3 Å². The van der Waals surface area contributed by atoms with E-state index in [9.17, 15) is 22.4 Å². The highest BCUT2D eigenvalue weighted by molar-refractivity contribution is 6.76. The summed E-state index contributed by atoms with van der Waals surface area (Å²) in [7, 11) is -1.37. The largest absolute Gasteiger partial charge is 0.438 e. The number of ether oxygens (including phenoxy) is 1. The van der Waals surface area contributed by atoms with E-state index in [0.29, 0.717) is 6.61 Å². The zero-order valence-corrected chi connectivity index (χ0v) is 14.6. The predicted octanol–water partition coefficient (Wildman–Crippen LogP) is 3.87. The summed E-state index contributed by atoms with van der Waals surface area (Å²) >= 11 is 0. The lowest BCUT2D eigenvalue weighted by Gasteiger charge is -2.17. The summed E-state index contributed by atoms with van der Waals surface area (Å²) in [5.41, 5.74) is -3.01. The lowest BCUT2D eigenvalue weighted by Crippen LogP contribution is -2.32. The maximum absolute atomic E-state index is 13.3. The topological polar surface area (TPSA) is 44.1 Å². The van der Waals surface area contributed by atoms with Gasteiger partial charge in [0.1, 0.15) is 12.5 Å². The molecule has 24 heavy (non-hydrogen) atoms. The third kappa shape index (κ3) is 4.41. The molecule has 0 radical (unpaired) electrons. The van der Waals surface area contributed by atoms with Crippen LogP contribution in [0.25, 0.3) is 11.0 Å². The molecular formula is C15H18F4N2O2Si. The molecule has 0 aliphatic heterocycles. The van der Waals surface area contributed by atoms with Crippen molar-refractivity contribution in [3.8, 4) is 0 Å². The molecule has 0 aliphatic rings. The monoisotopic (exact) mass is 362 g/mol. The lowest BCUT2D eigenvalue weighted by molar-refractivity contribution is -0.142. The normalized spacial score (nSPS) is 12.8. The number of halogens is 4. The molecule has 1 aromatic heterocycles. The van der Waals surface area contributed by atoms with Gasteiger partial charge in [-0.25, -0.2) is 9.37 Å². The summed E-state index contributed by atoms with van der Waals surface area (Å²) in [6.07, 6.45) is -4.92. The Morgan fingerprint density at radius 2 is 1.92 bits per heavy atom. The van der Waals surface area contributed by atoms with Gasteiger partial charge in [-0.15, -0.1) is 0 Å². The molecule has 0 amide bonds. The molecule has 132 valence electrons. The van der Waals surface area contributed by atoms with E-state index < -0.39 is 31.3 Å². The van der Waals surface area contributed by atoms with Crippen LogP contribution in [0.15, 0.2) is 23.0 Å². The SMILES string of the molecule is C[Si](C)(C)CCOCn1c(=O)c(C(F)(F)F)nc2cc(F)ccc21. The highest BCUT2D eigenvalue weighted by Gasteiger charge is 2.37. The van der Waals surface area contributed by atoms with Gasteiger partial charge < -0.3 is 4.74 Å². The Kier molecular flexibility index (Phi) is 5.14. The van der Waals surface area contributed by atoms with Gasteiger partial charge in [-0.3, -0.25) is 9.36 Å². The number of hydrogen-bond donors (Lipinski definition) is 0. The number of alkyl halides is 3. The Hall–Kier alpha value is -1.74. The number of rotatable bonds is 5. The fourth-order valence-corrected chi connectivity index (χ4v) is 2.82. The summed E-state index contributed by atoms with van der Waals surface area (Å²) in [5, 5.41) is 0. The van der Waals surface area contributed by atoms with E-state index in [1.165, 1.54) is 6.07 Å². The van der Waals surface area contributed by atoms with Crippen LogP contribution in [0.4, 0.5) is 17.6 Å². The third-order valence-corrected chi connectivity index (χ3v) is 5.10. The summed E-state index contributed by atoms with van der Waals surface area (Å²) in [6, 6.07) is 3.96. The molecule has 2 rings (SSSR count). The van der Waals surface area contributed by atoms with Crippen LogP contribution in [0.3, 0.4) is 0 Å². The molecule has 9 heteroatoms. The van der Waals surface area contributed by atoms with Crippen LogP contribution in [0.1, 0.15) is 5.69 Å². The molecule has 0 spiro atoms. The molecule has 0 unspecified atom stereocenters. The van der Waals surface area contributed by atoms with Gasteiger partial charge >= 0.3 is 6.18 Å². The van der Waals surface area contributed by atoms with Crippen molar-refractivity contribution in [3.05, 3.63) is 40.1 Å². The first-order chi connectivity index (χ1) is 11.0. The van der Waals surface area contributed by atoms with Crippen LogP contribution in [-0.2, 0) is 17.6 Å². The Morgan fingerprint density at radius 3 is 2.50 bits per heavy atom. The molecule has 0 N–H and O–H groups in total. The van der Waals surface area contributed by atoms with E-state index >= 15 is 0 Å². The lowest BCUT2D eigenvalue weighted by atomic mass is 10.2. The quantitative estimate of drug-likeness (QED) is 0.461. The van der Waals surface area contributed by atoms with Gasteiger partial charge in [0.2, 0.25) is 5.69 Å². The minimum Gasteiger partial charge on any atom is -0.361 e. The van der Waals surface area contributed by atoms with Crippen molar-refractivity contribution in [1.29, 1.82) is 0 Å². The van der Waals surface area contributed by atoms with Gasteiger partial charge in [0.15, 0.2) is 0 Å². The van der Waals surface area contributed by atoms with E-state index in [1.807, 2.05) is 0 Å². The zero-order chi connectivity index (χ0) is 18.1. The summed E-state index contributed by atoms with van der Waals surface area (Å²) in [4.78, 5) is 15.4. The highest BCUT2D eigenvalue weighted by atomic mass is 28.3. The number of aromatic nitrogens is 2. The van der Waals surface area contributed by atoms with E-state index in [-0.39, 0.29) is 17.8 Å². The Bertz CT molecular complexity index is 797. The van der Waals surface area contributed by atoms with E-state index in [2.05, 4.69) is 24.6 Å². The average molecular weight is 362 g/mol. The van der Waals surface area contributed by atoms with Crippen LogP contribution in [0, 0.1) is 5.82 Å². The zero-order valence-electron chi connectivity index (χ0n) is 13.6. The first kappa shape index (κ1) is 18.6. The number of benzene rings is 1. The second kappa shape index (κ2) is 6.64. The van der Waals surface area contributed by atoms with Gasteiger partial charge in [-0.1, -0.05) is 19.6 Å². The second-order valence-corrected chi connectivity index (χ2v) is 12.3. The maximum Gasteiger partial charge on any atom is 0.438 e. The highest BCUT2D eigenvalue weighted by Crippen LogP contribution is 2.26. The minimum atomic E-state index is -4.92. The van der Waals surface area contributed by atoms with Crippen molar-refractivity contribution in [2.75, 3.05) is 6.61 Å². The van der Waals surface area contributed by atoms with Crippen LogP contribution in [0.5, 0.6) is 0 Å². The van der Waals surface area contributed by atoms with Crippen molar-refractivity contribution in [3.63, 3.8) is 0 Å². The first-order valence-corrected chi connectivity index (χ1v) is 11.0. The van der Waals surface area contributed by atoms with Gasteiger partial charge in [-0.05, 0) is 18.2 Å². The summed E-state index contributed by atoms with van der Waals surface area (Å²) < 4.78 is 58.5. The molecule has 2 aromatic rings. The minimum absolute atomic E-state index is 0.0994. The smallest absolute Gasteiger partial charge is 0.361 e. The molecule has 4 nitrogen and oxygen atoms in total. The molecule has 0 saturated heterocycles. The fourth-order valence-electron chi connectivity index (χ4n) is 2.07. The summed E-state index contributed by atoms with van der Waals surface area (Å²) in [5.74, 6) is -0.729. The number of fused-ring (bicyclic) bond motifs is 1. The molecule has 0 saturated carbocycles. The van der Waals surface area contributed by atoms with Crippen LogP contribution < -0.4 is 5.56 Å². The van der Waals surface area contributed by atoms with Crippen molar-refractivity contribution in [1.82, 2.24) is 9.55 Å². The van der Waals surface area contributed by atoms with Gasteiger partial charge in [0.25, 0.3) is 5.56 Å². The van der Waals surface area contributed by atoms with Crippen molar-refractivity contribution in [2.24, 2.45) is 0 Å². The number of hydrogen-bond acceptors (Lipinski definition) is 3. The first-order valence-electron chi connectivity index (χ1n) is 7.34. The maximum atomic E-state index is 13.3. The van der Waals surface area contributed by atoms with Gasteiger partial charge in [-0.2, -0.15) is 13.2 Å². The molecule has 0 fully saturated rings. The van der Waals surface area contributed by atoms with Gasteiger partial charge in [0.05, 0.1) is 11.0 Å². The van der Waals surface area contributed by atoms with E-state index in [0.717, 1.165) is 22.7 Å². The van der Waals surface area contributed by atoms with Crippen LogP contribution in [-0.4, -0.2) is 24.2 Å². The van der Waals surface area contributed by atoms with E-state index in [1.54, 1.807) is 0 Å². The standard InChI is InChI=1S/C15H18F4N2O2Si/c1-24(2,3)7-6-23-9-21-12-5-4-10(16)8-11(12)20-13(14(21)22)15(17,18)19/h4-5,8H,6-7,9H2,1-3H3. The molecule has 0 aliphatic carbocycles. The average Bonchev–Trinajstić information content (AvgIpc) is 2.42. The Labute approximate surface area is 137 Å². The second-order valence-electron chi connectivity index (χ2n) is 6.67. The molecule has 0 bridgehead atoms. The fraction of sp³-hybridized carbons (Fsp3) is 0.467. The Balaban J connectivity index is 2.43. The predicted molar refractivity (Wildman–Crippen MR) is 85.1 cm³/mol. The molecule has 0 atom stereocenters. The van der Waals surface area contributed by atoms with Crippen LogP contribution in [0.2, 0.25) is 25.7 Å². The Morgan fingerprint density at radius 1 is 1.25 bits per heavy atom. The molecule has 1 aromatic carbocycles. The third-order valence-electron chi connectivity index (χ3n) is 3.39. The van der Waals surface area contributed by atoms with Crippen molar-refractivity contribution in [2.45, 2.75) is 38.6 Å². The van der Waals surface area contributed by atoms with Crippen molar-refractivity contribution >= 4 is 19.1 Å².